The van der Waals surface area contributed by atoms with Crippen LogP contribution in [0.25, 0.3) is 0 Å². The van der Waals surface area contributed by atoms with E-state index in [0.717, 1.165) is 12.0 Å². The first-order chi connectivity index (χ1) is 4.70. The normalized spacial score (nSPS) is 21.8. The molecule has 0 atom stereocenters. The number of rotatable bonds is 1. The molecule has 0 aromatic heterocycles. The molecule has 1 heterocycles. The van der Waals surface area contributed by atoms with Crippen LogP contribution in [0.4, 0.5) is 0 Å². The van der Waals surface area contributed by atoms with Crippen molar-refractivity contribution in [3.8, 4) is 0 Å². The molecule has 11 heavy (non-hydrogen) atoms. The third-order valence-electron chi connectivity index (χ3n) is 2.55. The van der Waals surface area contributed by atoms with Crippen LogP contribution >= 0.6 is 0 Å². The monoisotopic (exact) mass is 157 g/mol. The van der Waals surface area contributed by atoms with E-state index in [4.69, 9.17) is 0 Å². The van der Waals surface area contributed by atoms with Crippen LogP contribution in [0.15, 0.2) is 0 Å². The van der Waals surface area contributed by atoms with Gasteiger partial charge in [0.2, 0.25) is 0 Å². The largest absolute Gasteiger partial charge is 0.301 e. The molecule has 0 saturated carbocycles. The van der Waals surface area contributed by atoms with E-state index in [-0.39, 0.29) is 7.43 Å². The molecule has 0 aromatic carbocycles. The van der Waals surface area contributed by atoms with Gasteiger partial charge in [-0.25, -0.2) is 0 Å². The number of piperidine rings is 1. The average molecular weight is 157 g/mol. The first kappa shape index (κ1) is 11.0. The molecule has 0 amide bonds. The fourth-order valence-corrected chi connectivity index (χ4v) is 1.54. The predicted octanol–water partition coefficient (Wildman–Crippen LogP) is 2.76. The average Bonchev–Trinajstić information content (AvgIpc) is 1.88. The standard InChI is InChI=1S/C9H19N.CH4/c1-8(2)10-6-4-9(3)5-7-10;/h8-9H,4-7H2,1-3H3;1H4. The van der Waals surface area contributed by atoms with Crippen molar-refractivity contribution in [2.45, 2.75) is 47.1 Å². The summed E-state index contributed by atoms with van der Waals surface area (Å²) in [6.07, 6.45) is 2.80. The van der Waals surface area contributed by atoms with Gasteiger partial charge in [0, 0.05) is 6.04 Å². The minimum Gasteiger partial charge on any atom is -0.301 e. The Kier molecular flexibility index (Phi) is 4.74. The van der Waals surface area contributed by atoms with E-state index in [1.807, 2.05) is 0 Å². The van der Waals surface area contributed by atoms with E-state index in [0.29, 0.717) is 0 Å². The molecule has 1 nitrogen and oxygen atoms in total. The van der Waals surface area contributed by atoms with Crippen LogP contribution in [-0.2, 0) is 0 Å². The number of hydrogen-bond donors (Lipinski definition) is 0. The van der Waals surface area contributed by atoms with E-state index in [9.17, 15) is 0 Å². The van der Waals surface area contributed by atoms with E-state index in [1.54, 1.807) is 0 Å². The highest BCUT2D eigenvalue weighted by molar-refractivity contribution is 4.71. The molecule has 0 unspecified atom stereocenters. The molecule has 0 radical (unpaired) electrons. The summed E-state index contributed by atoms with van der Waals surface area (Å²) in [5.74, 6) is 0.968. The Balaban J connectivity index is 0.000001000. The predicted molar refractivity (Wildman–Crippen MR) is 51.8 cm³/mol. The number of likely N-dealkylation sites (tertiary alicyclic amines) is 1. The molecule has 1 saturated heterocycles. The Morgan fingerprint density at radius 1 is 1.18 bits per heavy atom. The van der Waals surface area contributed by atoms with Gasteiger partial charge in [0.1, 0.15) is 0 Å². The van der Waals surface area contributed by atoms with Gasteiger partial charge in [-0.2, -0.15) is 0 Å². The first-order valence-corrected chi connectivity index (χ1v) is 4.44. The Morgan fingerprint density at radius 2 is 1.64 bits per heavy atom. The topological polar surface area (TPSA) is 3.24 Å². The fraction of sp³-hybridized carbons (Fsp3) is 1.00. The summed E-state index contributed by atoms with van der Waals surface area (Å²) in [7, 11) is 0. The second kappa shape index (κ2) is 4.76. The zero-order valence-electron chi connectivity index (χ0n) is 7.43. The highest BCUT2D eigenvalue weighted by atomic mass is 15.1. The molecule has 0 aromatic rings. The SMILES string of the molecule is C.CC1CCN(C(C)C)CC1. The quantitative estimate of drug-likeness (QED) is 0.565. The molecular weight excluding hydrogens is 134 g/mol. The first-order valence-electron chi connectivity index (χ1n) is 4.44. The van der Waals surface area contributed by atoms with Crippen LogP contribution in [-0.4, -0.2) is 24.0 Å². The van der Waals surface area contributed by atoms with Crippen LogP contribution < -0.4 is 0 Å². The Hall–Kier alpha value is -0.0400. The zero-order chi connectivity index (χ0) is 7.56. The molecular formula is C10H23N. The van der Waals surface area contributed by atoms with Gasteiger partial charge < -0.3 is 4.90 Å². The maximum Gasteiger partial charge on any atom is 0.00385 e. The summed E-state index contributed by atoms with van der Waals surface area (Å²) in [5, 5.41) is 0. The highest BCUT2D eigenvalue weighted by Gasteiger charge is 2.16. The number of hydrogen-bond acceptors (Lipinski definition) is 1. The number of nitrogens with zero attached hydrogens (tertiary/aromatic N) is 1. The van der Waals surface area contributed by atoms with Gasteiger partial charge in [-0.05, 0) is 45.7 Å². The summed E-state index contributed by atoms with van der Waals surface area (Å²) in [6.45, 7) is 9.57. The van der Waals surface area contributed by atoms with E-state index in [2.05, 4.69) is 25.7 Å². The molecule has 1 aliphatic rings. The molecule has 1 aliphatic heterocycles. The van der Waals surface area contributed by atoms with E-state index < -0.39 is 0 Å². The van der Waals surface area contributed by atoms with Crippen LogP contribution in [0.2, 0.25) is 0 Å². The van der Waals surface area contributed by atoms with Crippen LogP contribution in [0.1, 0.15) is 41.0 Å². The van der Waals surface area contributed by atoms with Crippen molar-refractivity contribution in [2.24, 2.45) is 5.92 Å². The fourth-order valence-electron chi connectivity index (χ4n) is 1.54. The van der Waals surface area contributed by atoms with Crippen molar-refractivity contribution in [3.63, 3.8) is 0 Å². The summed E-state index contributed by atoms with van der Waals surface area (Å²) in [6, 6.07) is 0.757. The van der Waals surface area contributed by atoms with Gasteiger partial charge in [-0.3, -0.25) is 0 Å². The summed E-state index contributed by atoms with van der Waals surface area (Å²) >= 11 is 0. The lowest BCUT2D eigenvalue weighted by Gasteiger charge is -2.33. The molecule has 0 aliphatic carbocycles. The van der Waals surface area contributed by atoms with Crippen molar-refractivity contribution < 1.29 is 0 Å². The lowest BCUT2D eigenvalue weighted by Crippen LogP contribution is -2.37. The molecule has 0 spiro atoms. The summed E-state index contributed by atoms with van der Waals surface area (Å²) in [5.41, 5.74) is 0. The maximum atomic E-state index is 2.57. The summed E-state index contributed by atoms with van der Waals surface area (Å²) in [4.78, 5) is 2.57. The molecule has 1 heteroatoms. The third-order valence-corrected chi connectivity index (χ3v) is 2.55. The molecule has 0 N–H and O–H groups in total. The van der Waals surface area contributed by atoms with Gasteiger partial charge >= 0.3 is 0 Å². The van der Waals surface area contributed by atoms with Gasteiger partial charge in [0.05, 0.1) is 0 Å². The Morgan fingerprint density at radius 3 is 2.00 bits per heavy atom. The lowest BCUT2D eigenvalue weighted by molar-refractivity contribution is 0.156. The Labute approximate surface area is 71.8 Å². The van der Waals surface area contributed by atoms with Crippen molar-refractivity contribution in [3.05, 3.63) is 0 Å². The molecule has 0 bridgehead atoms. The third kappa shape index (κ3) is 3.24. The maximum absolute atomic E-state index is 2.57. The second-order valence-electron chi connectivity index (χ2n) is 3.81. The Bertz CT molecular complexity index is 91.0. The minimum atomic E-state index is 0. The van der Waals surface area contributed by atoms with E-state index >= 15 is 0 Å². The van der Waals surface area contributed by atoms with Crippen molar-refractivity contribution in [2.75, 3.05) is 13.1 Å². The van der Waals surface area contributed by atoms with Crippen LogP contribution in [0, 0.1) is 5.92 Å². The van der Waals surface area contributed by atoms with Crippen LogP contribution in [0.3, 0.4) is 0 Å². The second-order valence-corrected chi connectivity index (χ2v) is 3.81. The molecule has 1 rings (SSSR count). The molecule has 68 valence electrons. The zero-order valence-corrected chi connectivity index (χ0v) is 7.43. The highest BCUT2D eigenvalue weighted by Crippen LogP contribution is 2.17. The smallest absolute Gasteiger partial charge is 0.00385 e. The van der Waals surface area contributed by atoms with Gasteiger partial charge in [-0.15, -0.1) is 0 Å². The van der Waals surface area contributed by atoms with Gasteiger partial charge in [-0.1, -0.05) is 14.4 Å². The lowest BCUT2D eigenvalue weighted by atomic mass is 9.98. The molecule has 1 fully saturated rings. The van der Waals surface area contributed by atoms with Crippen molar-refractivity contribution in [1.82, 2.24) is 4.90 Å². The van der Waals surface area contributed by atoms with Gasteiger partial charge in [0.15, 0.2) is 0 Å². The van der Waals surface area contributed by atoms with Crippen molar-refractivity contribution in [1.29, 1.82) is 0 Å². The van der Waals surface area contributed by atoms with E-state index in [1.165, 1.54) is 25.9 Å². The van der Waals surface area contributed by atoms with Crippen LogP contribution in [0.5, 0.6) is 0 Å². The minimum absolute atomic E-state index is 0. The van der Waals surface area contributed by atoms with Gasteiger partial charge in [0.25, 0.3) is 0 Å². The van der Waals surface area contributed by atoms with Crippen molar-refractivity contribution >= 4 is 0 Å². The summed E-state index contributed by atoms with van der Waals surface area (Å²) < 4.78 is 0.